The maximum absolute atomic E-state index is 4.62. The highest BCUT2D eigenvalue weighted by Crippen LogP contribution is 2.46. The Labute approximate surface area is 88.1 Å². The van der Waals surface area contributed by atoms with Gasteiger partial charge in [-0.3, -0.25) is 0 Å². The quantitative estimate of drug-likeness (QED) is 0.814. The standard InChI is InChI=1S/C10H15N3S/c1-11-3-9-6-14-10(12-9)13-4-7-2-8(7)5-13/h6-8,11H,2-5H2,1H3. The molecular formula is C10H15N3S. The molecule has 0 radical (unpaired) electrons. The van der Waals surface area contributed by atoms with Crippen LogP contribution in [-0.4, -0.2) is 25.1 Å². The summed E-state index contributed by atoms with van der Waals surface area (Å²) >= 11 is 1.78. The van der Waals surface area contributed by atoms with Crippen LogP contribution in [0.4, 0.5) is 5.13 Å². The second-order valence-corrected chi connectivity index (χ2v) is 5.15. The number of anilines is 1. The Kier molecular flexibility index (Phi) is 1.99. The van der Waals surface area contributed by atoms with Crippen LogP contribution in [0.2, 0.25) is 0 Å². The smallest absolute Gasteiger partial charge is 0.185 e. The zero-order valence-electron chi connectivity index (χ0n) is 8.36. The number of piperidine rings is 1. The van der Waals surface area contributed by atoms with Gasteiger partial charge in [-0.1, -0.05) is 0 Å². The predicted molar refractivity (Wildman–Crippen MR) is 58.7 cm³/mol. The van der Waals surface area contributed by atoms with E-state index in [1.54, 1.807) is 11.3 Å². The molecule has 1 aliphatic heterocycles. The molecule has 2 fully saturated rings. The molecule has 1 aromatic rings. The third kappa shape index (κ3) is 1.42. The molecule has 2 atom stereocenters. The minimum Gasteiger partial charge on any atom is -0.348 e. The summed E-state index contributed by atoms with van der Waals surface area (Å²) in [4.78, 5) is 7.07. The number of rotatable bonds is 3. The number of hydrogen-bond acceptors (Lipinski definition) is 4. The van der Waals surface area contributed by atoms with Crippen LogP contribution < -0.4 is 10.2 Å². The minimum atomic E-state index is 0.886. The van der Waals surface area contributed by atoms with Gasteiger partial charge in [-0.25, -0.2) is 4.98 Å². The van der Waals surface area contributed by atoms with Gasteiger partial charge in [-0.2, -0.15) is 0 Å². The van der Waals surface area contributed by atoms with E-state index in [9.17, 15) is 0 Å². The van der Waals surface area contributed by atoms with Gasteiger partial charge in [-0.05, 0) is 25.3 Å². The first kappa shape index (κ1) is 8.68. The molecule has 76 valence electrons. The van der Waals surface area contributed by atoms with Crippen LogP contribution in [0.5, 0.6) is 0 Å². The number of aromatic nitrogens is 1. The van der Waals surface area contributed by atoms with Crippen molar-refractivity contribution >= 4 is 16.5 Å². The molecule has 2 unspecified atom stereocenters. The summed E-state index contributed by atoms with van der Waals surface area (Å²) in [6.45, 7) is 3.38. The van der Waals surface area contributed by atoms with E-state index in [1.807, 2.05) is 7.05 Å². The molecule has 2 aliphatic rings. The molecule has 14 heavy (non-hydrogen) atoms. The highest BCUT2D eigenvalue weighted by Gasteiger charge is 2.45. The first-order valence-corrected chi connectivity index (χ1v) is 6.08. The lowest BCUT2D eigenvalue weighted by Gasteiger charge is -2.15. The Morgan fingerprint density at radius 2 is 2.36 bits per heavy atom. The van der Waals surface area contributed by atoms with Crippen LogP contribution in [0.25, 0.3) is 0 Å². The monoisotopic (exact) mass is 209 g/mol. The van der Waals surface area contributed by atoms with Crippen LogP contribution in [-0.2, 0) is 6.54 Å². The van der Waals surface area contributed by atoms with E-state index in [2.05, 4.69) is 20.6 Å². The maximum Gasteiger partial charge on any atom is 0.185 e. The summed E-state index contributed by atoms with van der Waals surface area (Å²) in [5.41, 5.74) is 1.17. The summed E-state index contributed by atoms with van der Waals surface area (Å²) in [5.74, 6) is 1.98. The lowest BCUT2D eigenvalue weighted by molar-refractivity contribution is 0.781. The van der Waals surface area contributed by atoms with E-state index >= 15 is 0 Å². The zero-order valence-corrected chi connectivity index (χ0v) is 9.18. The molecule has 1 aliphatic carbocycles. The Balaban J connectivity index is 1.70. The third-order valence-electron chi connectivity index (χ3n) is 3.15. The summed E-state index contributed by atoms with van der Waals surface area (Å²) < 4.78 is 0. The topological polar surface area (TPSA) is 28.2 Å². The van der Waals surface area contributed by atoms with Crippen LogP contribution in [0, 0.1) is 11.8 Å². The van der Waals surface area contributed by atoms with Crippen molar-refractivity contribution in [2.24, 2.45) is 11.8 Å². The Bertz CT molecular complexity index is 326. The van der Waals surface area contributed by atoms with E-state index < -0.39 is 0 Å². The lowest BCUT2D eigenvalue weighted by Crippen LogP contribution is -2.21. The van der Waals surface area contributed by atoms with Gasteiger partial charge >= 0.3 is 0 Å². The summed E-state index contributed by atoms with van der Waals surface area (Å²) in [6, 6.07) is 0. The summed E-state index contributed by atoms with van der Waals surface area (Å²) in [7, 11) is 1.96. The van der Waals surface area contributed by atoms with Crippen molar-refractivity contribution in [3.63, 3.8) is 0 Å². The van der Waals surface area contributed by atoms with Gasteiger partial charge in [0.1, 0.15) is 0 Å². The van der Waals surface area contributed by atoms with Gasteiger partial charge in [0, 0.05) is 25.0 Å². The number of nitrogens with one attached hydrogen (secondary N) is 1. The summed E-state index contributed by atoms with van der Waals surface area (Å²) in [5, 5.41) is 6.52. The van der Waals surface area contributed by atoms with Gasteiger partial charge in [0.25, 0.3) is 0 Å². The fourth-order valence-electron chi connectivity index (χ4n) is 2.26. The molecule has 0 aromatic carbocycles. The normalized spacial score (nSPS) is 29.4. The Hall–Kier alpha value is -0.610. The molecule has 2 heterocycles. The van der Waals surface area contributed by atoms with Crippen molar-refractivity contribution in [1.82, 2.24) is 10.3 Å². The third-order valence-corrected chi connectivity index (χ3v) is 4.10. The fourth-order valence-corrected chi connectivity index (χ4v) is 3.10. The average molecular weight is 209 g/mol. The van der Waals surface area contributed by atoms with Gasteiger partial charge in [0.05, 0.1) is 5.69 Å². The molecule has 4 heteroatoms. The molecule has 0 bridgehead atoms. The molecule has 1 aromatic heterocycles. The molecule has 3 nitrogen and oxygen atoms in total. The van der Waals surface area contributed by atoms with Gasteiger partial charge in [0.2, 0.25) is 0 Å². The Morgan fingerprint density at radius 1 is 1.57 bits per heavy atom. The van der Waals surface area contributed by atoms with Crippen molar-refractivity contribution in [3.05, 3.63) is 11.1 Å². The van der Waals surface area contributed by atoms with E-state index in [4.69, 9.17) is 0 Å². The van der Waals surface area contributed by atoms with Crippen molar-refractivity contribution in [1.29, 1.82) is 0 Å². The SMILES string of the molecule is CNCc1csc(N2CC3CC3C2)n1. The molecular weight excluding hydrogens is 194 g/mol. The molecule has 1 saturated heterocycles. The van der Waals surface area contributed by atoms with E-state index in [0.29, 0.717) is 0 Å². The zero-order chi connectivity index (χ0) is 9.54. The largest absolute Gasteiger partial charge is 0.348 e. The molecule has 0 amide bonds. The lowest BCUT2D eigenvalue weighted by atomic mass is 10.4. The van der Waals surface area contributed by atoms with Crippen LogP contribution >= 0.6 is 11.3 Å². The number of thiazole rings is 1. The van der Waals surface area contributed by atoms with Crippen molar-refractivity contribution in [3.8, 4) is 0 Å². The number of fused-ring (bicyclic) bond motifs is 1. The fraction of sp³-hybridized carbons (Fsp3) is 0.700. The highest BCUT2D eigenvalue weighted by atomic mass is 32.1. The van der Waals surface area contributed by atoms with Gasteiger partial charge in [0.15, 0.2) is 5.13 Å². The predicted octanol–water partition coefficient (Wildman–Crippen LogP) is 1.32. The molecule has 3 rings (SSSR count). The number of nitrogens with zero attached hydrogens (tertiary/aromatic N) is 2. The van der Waals surface area contributed by atoms with E-state index in [-0.39, 0.29) is 0 Å². The first-order chi connectivity index (χ1) is 6.86. The van der Waals surface area contributed by atoms with Crippen molar-refractivity contribution in [2.45, 2.75) is 13.0 Å². The molecule has 1 N–H and O–H groups in total. The Morgan fingerprint density at radius 3 is 3.07 bits per heavy atom. The second-order valence-electron chi connectivity index (χ2n) is 4.31. The molecule has 0 spiro atoms. The first-order valence-electron chi connectivity index (χ1n) is 5.21. The van der Waals surface area contributed by atoms with Crippen LogP contribution in [0.1, 0.15) is 12.1 Å². The van der Waals surface area contributed by atoms with Crippen LogP contribution in [0.3, 0.4) is 0 Å². The molecule has 1 saturated carbocycles. The van der Waals surface area contributed by atoms with Gasteiger partial charge in [-0.15, -0.1) is 11.3 Å². The van der Waals surface area contributed by atoms with E-state index in [0.717, 1.165) is 18.4 Å². The maximum atomic E-state index is 4.62. The van der Waals surface area contributed by atoms with Crippen LogP contribution in [0.15, 0.2) is 5.38 Å². The minimum absolute atomic E-state index is 0.886. The second kappa shape index (κ2) is 3.21. The summed E-state index contributed by atoms with van der Waals surface area (Å²) in [6.07, 6.45) is 1.46. The highest BCUT2D eigenvalue weighted by molar-refractivity contribution is 7.13. The van der Waals surface area contributed by atoms with Crippen molar-refractivity contribution in [2.75, 3.05) is 25.0 Å². The van der Waals surface area contributed by atoms with Gasteiger partial charge < -0.3 is 10.2 Å². The van der Waals surface area contributed by atoms with E-state index in [1.165, 1.54) is 30.3 Å². The number of hydrogen-bond donors (Lipinski definition) is 1. The van der Waals surface area contributed by atoms with Crippen molar-refractivity contribution < 1.29 is 0 Å². The average Bonchev–Trinajstić information content (AvgIpc) is 2.68.